The second-order valence-electron chi connectivity index (χ2n) is 6.79. The predicted octanol–water partition coefficient (Wildman–Crippen LogP) is 1.73. The van der Waals surface area contributed by atoms with E-state index in [4.69, 9.17) is 4.74 Å². The first kappa shape index (κ1) is 16.6. The van der Waals surface area contributed by atoms with Crippen molar-refractivity contribution in [2.45, 2.75) is 39.7 Å². The van der Waals surface area contributed by atoms with Gasteiger partial charge in [-0.1, -0.05) is 0 Å². The molecule has 3 rings (SSSR count). The first-order valence-electron chi connectivity index (χ1n) is 8.29. The van der Waals surface area contributed by atoms with E-state index < -0.39 is 9.84 Å². The Morgan fingerprint density at radius 1 is 1.35 bits per heavy atom. The molecule has 0 N–H and O–H groups in total. The van der Waals surface area contributed by atoms with Gasteiger partial charge in [0.25, 0.3) is 0 Å². The van der Waals surface area contributed by atoms with Crippen molar-refractivity contribution in [2.24, 2.45) is 5.41 Å². The molecule has 2 aliphatic heterocycles. The third-order valence-electron chi connectivity index (χ3n) is 4.78. The highest BCUT2D eigenvalue weighted by Crippen LogP contribution is 2.41. The molecule has 1 unspecified atom stereocenters. The summed E-state index contributed by atoms with van der Waals surface area (Å²) in [5.74, 6) is 2.25. The van der Waals surface area contributed by atoms with Crippen molar-refractivity contribution in [3.8, 4) is 0 Å². The van der Waals surface area contributed by atoms with Crippen LogP contribution in [0.15, 0.2) is 6.07 Å². The van der Waals surface area contributed by atoms with Gasteiger partial charge in [0.2, 0.25) is 0 Å². The van der Waals surface area contributed by atoms with Gasteiger partial charge in [0, 0.05) is 36.9 Å². The van der Waals surface area contributed by atoms with Gasteiger partial charge in [0.1, 0.15) is 12.4 Å². The molecule has 0 aromatic carbocycles. The van der Waals surface area contributed by atoms with E-state index in [2.05, 4.69) is 14.9 Å². The van der Waals surface area contributed by atoms with Crippen LogP contribution in [0, 0.1) is 12.3 Å². The molecule has 0 radical (unpaired) electrons. The number of rotatable bonds is 4. The summed E-state index contributed by atoms with van der Waals surface area (Å²) in [7, 11) is -2.87. The molecule has 128 valence electrons. The standard InChI is InChI=1S/C16H25N3O3S/c1-3-22-10-14-17-13(2)9-15(18-14)19-7-4-5-16(11-19)6-8-23(20,21)12-16/h9H,3-8,10-12H2,1-2H3. The van der Waals surface area contributed by atoms with Crippen LogP contribution >= 0.6 is 0 Å². The van der Waals surface area contributed by atoms with Crippen molar-refractivity contribution < 1.29 is 13.2 Å². The first-order valence-corrected chi connectivity index (χ1v) is 10.1. The fourth-order valence-corrected chi connectivity index (χ4v) is 5.94. The van der Waals surface area contributed by atoms with Gasteiger partial charge >= 0.3 is 0 Å². The maximum atomic E-state index is 11.9. The van der Waals surface area contributed by atoms with Crippen molar-refractivity contribution in [2.75, 3.05) is 36.1 Å². The zero-order valence-corrected chi connectivity index (χ0v) is 14.7. The quantitative estimate of drug-likeness (QED) is 0.832. The van der Waals surface area contributed by atoms with Crippen molar-refractivity contribution in [3.63, 3.8) is 0 Å². The number of anilines is 1. The van der Waals surface area contributed by atoms with E-state index in [9.17, 15) is 8.42 Å². The van der Waals surface area contributed by atoms with Crippen molar-refractivity contribution >= 4 is 15.7 Å². The topological polar surface area (TPSA) is 72.4 Å². The van der Waals surface area contributed by atoms with E-state index in [0.29, 0.717) is 30.5 Å². The Bertz CT molecular complexity index is 677. The van der Waals surface area contributed by atoms with E-state index in [-0.39, 0.29) is 5.41 Å². The van der Waals surface area contributed by atoms with Crippen LogP contribution in [-0.2, 0) is 21.2 Å². The normalized spacial score (nSPS) is 26.8. The van der Waals surface area contributed by atoms with Gasteiger partial charge in [-0.15, -0.1) is 0 Å². The summed E-state index contributed by atoms with van der Waals surface area (Å²) in [6, 6.07) is 1.98. The summed E-state index contributed by atoms with van der Waals surface area (Å²) in [5, 5.41) is 0. The van der Waals surface area contributed by atoms with Crippen LogP contribution in [0.3, 0.4) is 0 Å². The van der Waals surface area contributed by atoms with Crippen molar-refractivity contribution in [1.82, 2.24) is 9.97 Å². The predicted molar refractivity (Wildman–Crippen MR) is 89.2 cm³/mol. The summed E-state index contributed by atoms with van der Waals surface area (Å²) in [4.78, 5) is 11.3. The lowest BCUT2D eigenvalue weighted by molar-refractivity contribution is 0.128. The molecule has 1 spiro atoms. The minimum absolute atomic E-state index is 0.0873. The highest BCUT2D eigenvalue weighted by molar-refractivity contribution is 7.91. The van der Waals surface area contributed by atoms with Crippen LogP contribution in [-0.4, -0.2) is 49.6 Å². The molecule has 1 aromatic heterocycles. The number of hydrogen-bond donors (Lipinski definition) is 0. The minimum atomic E-state index is -2.87. The molecule has 0 aliphatic carbocycles. The fraction of sp³-hybridized carbons (Fsp3) is 0.750. The molecule has 3 heterocycles. The van der Waals surface area contributed by atoms with Gasteiger partial charge in [0.15, 0.2) is 15.7 Å². The molecular weight excluding hydrogens is 314 g/mol. The monoisotopic (exact) mass is 339 g/mol. The van der Waals surface area contributed by atoms with Gasteiger partial charge in [-0.3, -0.25) is 0 Å². The van der Waals surface area contributed by atoms with Gasteiger partial charge in [0.05, 0.1) is 11.5 Å². The van der Waals surface area contributed by atoms with Gasteiger partial charge in [-0.05, 0) is 33.1 Å². The highest BCUT2D eigenvalue weighted by atomic mass is 32.2. The Hall–Kier alpha value is -1.21. The Labute approximate surface area is 138 Å². The molecule has 2 fully saturated rings. The third-order valence-corrected chi connectivity index (χ3v) is 6.66. The van der Waals surface area contributed by atoms with Crippen LogP contribution in [0.4, 0.5) is 5.82 Å². The number of aryl methyl sites for hydroxylation is 1. The Morgan fingerprint density at radius 2 is 2.17 bits per heavy atom. The Kier molecular flexibility index (Phi) is 4.60. The first-order chi connectivity index (χ1) is 10.9. The maximum Gasteiger partial charge on any atom is 0.156 e. The third kappa shape index (κ3) is 3.83. The van der Waals surface area contributed by atoms with Gasteiger partial charge in [-0.2, -0.15) is 0 Å². The van der Waals surface area contributed by atoms with Crippen LogP contribution in [0.5, 0.6) is 0 Å². The van der Waals surface area contributed by atoms with Crippen LogP contribution < -0.4 is 4.90 Å². The van der Waals surface area contributed by atoms with Gasteiger partial charge < -0.3 is 9.64 Å². The summed E-state index contributed by atoms with van der Waals surface area (Å²) in [5.41, 5.74) is 0.833. The molecule has 1 aromatic rings. The SMILES string of the molecule is CCOCc1nc(C)cc(N2CCCC3(CCS(=O)(=O)C3)C2)n1. The maximum absolute atomic E-state index is 11.9. The summed E-state index contributed by atoms with van der Waals surface area (Å²) in [6.07, 6.45) is 2.79. The zero-order valence-electron chi connectivity index (χ0n) is 13.9. The molecule has 0 amide bonds. The summed E-state index contributed by atoms with van der Waals surface area (Å²) >= 11 is 0. The van der Waals surface area contributed by atoms with Gasteiger partial charge in [-0.25, -0.2) is 18.4 Å². The molecule has 2 saturated heterocycles. The van der Waals surface area contributed by atoms with Crippen LogP contribution in [0.25, 0.3) is 0 Å². The number of aromatic nitrogens is 2. The average molecular weight is 339 g/mol. The molecule has 23 heavy (non-hydrogen) atoms. The van der Waals surface area contributed by atoms with Crippen LogP contribution in [0.2, 0.25) is 0 Å². The van der Waals surface area contributed by atoms with E-state index in [0.717, 1.165) is 43.9 Å². The summed E-state index contributed by atoms with van der Waals surface area (Å²) < 4.78 is 29.2. The lowest BCUT2D eigenvalue weighted by Crippen LogP contribution is -2.44. The second kappa shape index (κ2) is 6.36. The molecular formula is C16H25N3O3S. The van der Waals surface area contributed by atoms with Crippen molar-refractivity contribution in [3.05, 3.63) is 17.6 Å². The van der Waals surface area contributed by atoms with Crippen LogP contribution in [0.1, 0.15) is 37.7 Å². The second-order valence-corrected chi connectivity index (χ2v) is 8.97. The number of nitrogens with zero attached hydrogens (tertiary/aromatic N) is 3. The van der Waals surface area contributed by atoms with E-state index in [1.165, 1.54) is 0 Å². The average Bonchev–Trinajstić information content (AvgIpc) is 2.79. The zero-order chi connectivity index (χ0) is 16.5. The fourth-order valence-electron chi connectivity index (χ4n) is 3.74. The molecule has 0 bridgehead atoms. The van der Waals surface area contributed by atoms with Crippen molar-refractivity contribution in [1.29, 1.82) is 0 Å². The smallest absolute Gasteiger partial charge is 0.156 e. The molecule has 0 saturated carbocycles. The van der Waals surface area contributed by atoms with E-state index in [1.54, 1.807) is 0 Å². The number of sulfone groups is 1. The molecule has 6 nitrogen and oxygen atoms in total. The molecule has 7 heteroatoms. The number of piperidine rings is 1. The lowest BCUT2D eigenvalue weighted by atomic mass is 9.79. The number of hydrogen-bond acceptors (Lipinski definition) is 6. The largest absolute Gasteiger partial charge is 0.374 e. The highest BCUT2D eigenvalue weighted by Gasteiger charge is 2.45. The molecule has 2 aliphatic rings. The van der Waals surface area contributed by atoms with E-state index >= 15 is 0 Å². The number of ether oxygens (including phenoxy) is 1. The Balaban J connectivity index is 1.80. The lowest BCUT2D eigenvalue weighted by Gasteiger charge is -2.40. The van der Waals surface area contributed by atoms with E-state index in [1.807, 2.05) is 19.9 Å². The minimum Gasteiger partial charge on any atom is -0.374 e. The summed E-state index contributed by atoms with van der Waals surface area (Å²) in [6.45, 7) is 6.66. The molecule has 1 atom stereocenters. The Morgan fingerprint density at radius 3 is 2.87 bits per heavy atom.